The van der Waals surface area contributed by atoms with Gasteiger partial charge in [0.1, 0.15) is 5.75 Å². The van der Waals surface area contributed by atoms with Crippen molar-refractivity contribution in [1.29, 1.82) is 0 Å². The van der Waals surface area contributed by atoms with E-state index in [0.717, 1.165) is 11.3 Å². The first-order chi connectivity index (χ1) is 11.0. The summed E-state index contributed by atoms with van der Waals surface area (Å²) in [6.07, 6.45) is 1.58. The van der Waals surface area contributed by atoms with Crippen molar-refractivity contribution < 1.29 is 9.53 Å². The number of ether oxygens (including phenoxy) is 1. The summed E-state index contributed by atoms with van der Waals surface area (Å²) in [4.78, 5) is 11.9. The van der Waals surface area contributed by atoms with Gasteiger partial charge < -0.3 is 4.74 Å². The highest BCUT2D eigenvalue weighted by molar-refractivity contribution is 6.30. The molecule has 120 valence electrons. The number of carbonyl (C=O) groups excluding carboxylic acids is 1. The quantitative estimate of drug-likeness (QED) is 0.639. The number of hydrogen-bond acceptors (Lipinski definition) is 3. The summed E-state index contributed by atoms with van der Waals surface area (Å²) in [6.45, 7) is 4.89. The minimum atomic E-state index is -0.305. The molecule has 2 rings (SSSR count). The van der Waals surface area contributed by atoms with Gasteiger partial charge in [-0.1, -0.05) is 31.5 Å². The van der Waals surface area contributed by atoms with Crippen molar-refractivity contribution in [3.8, 4) is 5.75 Å². The molecule has 0 aliphatic carbocycles. The zero-order valence-electron chi connectivity index (χ0n) is 13.1. The molecule has 0 aliphatic rings. The van der Waals surface area contributed by atoms with E-state index < -0.39 is 0 Å². The van der Waals surface area contributed by atoms with Crippen LogP contribution in [0.15, 0.2) is 53.6 Å². The molecule has 0 spiro atoms. The van der Waals surface area contributed by atoms with E-state index >= 15 is 0 Å². The summed E-state index contributed by atoms with van der Waals surface area (Å²) in [5.74, 6) is 0.998. The molecule has 1 amide bonds. The zero-order chi connectivity index (χ0) is 16.7. The maximum atomic E-state index is 11.9. The first-order valence-electron chi connectivity index (χ1n) is 7.36. The van der Waals surface area contributed by atoms with Gasteiger partial charge in [-0.05, 0) is 53.9 Å². The SMILES string of the molecule is CC(C)COc1ccc(/C=N\NC(=O)c2cccc(Cl)c2)cc1. The minimum absolute atomic E-state index is 0.305. The number of halogens is 1. The Balaban J connectivity index is 1.89. The first-order valence-corrected chi connectivity index (χ1v) is 7.74. The van der Waals surface area contributed by atoms with Crippen LogP contribution in [-0.4, -0.2) is 18.7 Å². The van der Waals surface area contributed by atoms with Gasteiger partial charge in [0.2, 0.25) is 0 Å². The Kier molecular flexibility index (Phi) is 6.18. The molecule has 0 radical (unpaired) electrons. The van der Waals surface area contributed by atoms with Crippen LogP contribution in [0.5, 0.6) is 5.75 Å². The minimum Gasteiger partial charge on any atom is -0.493 e. The van der Waals surface area contributed by atoms with E-state index in [2.05, 4.69) is 24.4 Å². The maximum Gasteiger partial charge on any atom is 0.271 e. The van der Waals surface area contributed by atoms with Crippen LogP contribution >= 0.6 is 11.6 Å². The van der Waals surface area contributed by atoms with Gasteiger partial charge in [-0.2, -0.15) is 5.10 Å². The summed E-state index contributed by atoms with van der Waals surface area (Å²) < 4.78 is 5.61. The molecule has 2 aromatic carbocycles. The van der Waals surface area contributed by atoms with Gasteiger partial charge in [0.05, 0.1) is 12.8 Å². The molecular weight excluding hydrogens is 312 g/mol. The second-order valence-electron chi connectivity index (χ2n) is 5.48. The Bertz CT molecular complexity index is 682. The smallest absolute Gasteiger partial charge is 0.271 e. The Hall–Kier alpha value is -2.33. The van der Waals surface area contributed by atoms with Gasteiger partial charge >= 0.3 is 0 Å². The lowest BCUT2D eigenvalue weighted by molar-refractivity contribution is 0.0955. The molecule has 0 unspecified atom stereocenters. The molecule has 0 heterocycles. The maximum absolute atomic E-state index is 11.9. The molecule has 1 N–H and O–H groups in total. The van der Waals surface area contributed by atoms with Crippen molar-refractivity contribution in [2.45, 2.75) is 13.8 Å². The lowest BCUT2D eigenvalue weighted by atomic mass is 10.2. The van der Waals surface area contributed by atoms with Crippen molar-refractivity contribution >= 4 is 23.7 Å². The van der Waals surface area contributed by atoms with E-state index in [1.165, 1.54) is 0 Å². The van der Waals surface area contributed by atoms with Crippen molar-refractivity contribution in [1.82, 2.24) is 5.43 Å². The van der Waals surface area contributed by atoms with Crippen molar-refractivity contribution in [2.75, 3.05) is 6.61 Å². The highest BCUT2D eigenvalue weighted by Crippen LogP contribution is 2.12. The van der Waals surface area contributed by atoms with Gasteiger partial charge in [0, 0.05) is 10.6 Å². The number of nitrogens with zero attached hydrogens (tertiary/aromatic N) is 1. The van der Waals surface area contributed by atoms with Crippen molar-refractivity contribution in [3.05, 3.63) is 64.7 Å². The Morgan fingerprint density at radius 2 is 2.00 bits per heavy atom. The van der Waals surface area contributed by atoms with Crippen molar-refractivity contribution in [2.24, 2.45) is 11.0 Å². The fraction of sp³-hybridized carbons (Fsp3) is 0.222. The number of hydrazone groups is 1. The highest BCUT2D eigenvalue weighted by atomic mass is 35.5. The summed E-state index contributed by atoms with van der Waals surface area (Å²) >= 11 is 5.85. The molecule has 23 heavy (non-hydrogen) atoms. The third-order valence-corrected chi connectivity index (χ3v) is 3.17. The van der Waals surface area contributed by atoms with Crippen LogP contribution in [-0.2, 0) is 0 Å². The zero-order valence-corrected chi connectivity index (χ0v) is 13.9. The van der Waals surface area contributed by atoms with Crippen LogP contribution in [0.4, 0.5) is 0 Å². The van der Waals surface area contributed by atoms with Crippen LogP contribution in [0.2, 0.25) is 5.02 Å². The average Bonchev–Trinajstić information content (AvgIpc) is 2.54. The van der Waals surface area contributed by atoms with Gasteiger partial charge in [0.25, 0.3) is 5.91 Å². The molecule has 0 aromatic heterocycles. The molecule has 5 heteroatoms. The average molecular weight is 331 g/mol. The molecule has 0 bridgehead atoms. The number of carbonyl (C=O) groups is 1. The first kappa shape index (κ1) is 17.0. The van der Waals surface area contributed by atoms with E-state index in [9.17, 15) is 4.79 Å². The normalized spacial score (nSPS) is 11.0. The number of rotatable bonds is 6. The van der Waals surface area contributed by atoms with E-state index in [4.69, 9.17) is 16.3 Å². The molecule has 0 saturated carbocycles. The lowest BCUT2D eigenvalue weighted by Crippen LogP contribution is -2.17. The molecule has 0 atom stereocenters. The van der Waals surface area contributed by atoms with Gasteiger partial charge in [-0.25, -0.2) is 5.43 Å². The number of benzene rings is 2. The van der Waals surface area contributed by atoms with Gasteiger partial charge in [0.15, 0.2) is 0 Å². The highest BCUT2D eigenvalue weighted by Gasteiger charge is 2.03. The third kappa shape index (κ3) is 5.75. The van der Waals surface area contributed by atoms with E-state index in [0.29, 0.717) is 23.1 Å². The largest absolute Gasteiger partial charge is 0.493 e. The lowest BCUT2D eigenvalue weighted by Gasteiger charge is -2.08. The van der Waals surface area contributed by atoms with Crippen LogP contribution < -0.4 is 10.2 Å². The second-order valence-corrected chi connectivity index (χ2v) is 5.92. The Labute approximate surface area is 141 Å². The second kappa shape index (κ2) is 8.34. The fourth-order valence-corrected chi connectivity index (χ4v) is 1.96. The molecule has 0 fully saturated rings. The molecule has 0 saturated heterocycles. The summed E-state index contributed by atoms with van der Waals surface area (Å²) in [7, 11) is 0. The number of nitrogens with one attached hydrogen (secondary N) is 1. The molecule has 0 aliphatic heterocycles. The number of amides is 1. The van der Waals surface area contributed by atoms with Gasteiger partial charge in [-0.3, -0.25) is 4.79 Å². The standard InChI is InChI=1S/C18H19ClN2O2/c1-13(2)12-23-17-8-6-14(7-9-17)11-20-21-18(22)15-4-3-5-16(19)10-15/h3-11,13H,12H2,1-2H3,(H,21,22)/b20-11-. The van der Waals surface area contributed by atoms with Crippen LogP contribution in [0.1, 0.15) is 29.8 Å². The van der Waals surface area contributed by atoms with E-state index in [1.54, 1.807) is 30.5 Å². The fourth-order valence-electron chi connectivity index (χ4n) is 1.77. The number of hydrogen-bond donors (Lipinski definition) is 1. The van der Waals surface area contributed by atoms with Gasteiger partial charge in [-0.15, -0.1) is 0 Å². The Morgan fingerprint density at radius 1 is 1.26 bits per heavy atom. The third-order valence-electron chi connectivity index (χ3n) is 2.93. The molecule has 4 nitrogen and oxygen atoms in total. The predicted octanol–water partition coefficient (Wildman–Crippen LogP) is 4.14. The summed E-state index contributed by atoms with van der Waals surface area (Å²) in [6, 6.07) is 14.2. The molecule has 2 aromatic rings. The van der Waals surface area contributed by atoms with E-state index in [-0.39, 0.29) is 5.91 Å². The molecular formula is C18H19ClN2O2. The van der Waals surface area contributed by atoms with Crippen molar-refractivity contribution in [3.63, 3.8) is 0 Å². The van der Waals surface area contributed by atoms with E-state index in [1.807, 2.05) is 24.3 Å². The Morgan fingerprint density at radius 3 is 2.65 bits per heavy atom. The van der Waals surface area contributed by atoms with Crippen LogP contribution in [0.3, 0.4) is 0 Å². The van der Waals surface area contributed by atoms with Crippen LogP contribution in [0.25, 0.3) is 0 Å². The predicted molar refractivity (Wildman–Crippen MR) is 93.3 cm³/mol. The topological polar surface area (TPSA) is 50.7 Å². The monoisotopic (exact) mass is 330 g/mol. The summed E-state index contributed by atoms with van der Waals surface area (Å²) in [5, 5.41) is 4.46. The summed E-state index contributed by atoms with van der Waals surface area (Å²) in [5.41, 5.74) is 3.80. The van der Waals surface area contributed by atoms with Crippen LogP contribution in [0, 0.1) is 5.92 Å².